The van der Waals surface area contributed by atoms with Gasteiger partial charge in [0.1, 0.15) is 18.2 Å². The second kappa shape index (κ2) is 13.9. The summed E-state index contributed by atoms with van der Waals surface area (Å²) < 4.78 is 21.3. The van der Waals surface area contributed by atoms with Gasteiger partial charge in [-0.1, -0.05) is 54.4 Å². The minimum atomic E-state index is -0.246. The molecule has 4 heterocycles. The van der Waals surface area contributed by atoms with Crippen molar-refractivity contribution in [3.63, 3.8) is 0 Å². The van der Waals surface area contributed by atoms with Gasteiger partial charge in [0.05, 0.1) is 21.1 Å². The van der Waals surface area contributed by atoms with Gasteiger partial charge in [0.2, 0.25) is 0 Å². The molecule has 0 spiro atoms. The summed E-state index contributed by atoms with van der Waals surface area (Å²) in [5, 5.41) is 5.04. The fourth-order valence-electron chi connectivity index (χ4n) is 6.81. The fraction of sp³-hybridized carbons (Fsp3) is 0.400. The van der Waals surface area contributed by atoms with Crippen LogP contribution in [0.5, 0.6) is 5.75 Å². The van der Waals surface area contributed by atoms with Crippen LogP contribution in [-0.2, 0) is 19.5 Å². The van der Waals surface area contributed by atoms with Crippen molar-refractivity contribution in [3.05, 3.63) is 99.4 Å². The first-order valence-corrected chi connectivity index (χ1v) is 16.3. The molecule has 232 valence electrons. The zero-order valence-electron chi connectivity index (χ0n) is 25.1. The number of piperazine rings is 1. The summed E-state index contributed by atoms with van der Waals surface area (Å²) in [5.74, 6) is 0.375. The molecule has 0 unspecified atom stereocenters. The van der Waals surface area contributed by atoms with Crippen molar-refractivity contribution >= 4 is 40.0 Å². The number of rotatable bonds is 12. The molecule has 0 aliphatic carbocycles. The summed E-state index contributed by atoms with van der Waals surface area (Å²) in [4.78, 5) is 18.6. The Labute approximate surface area is 268 Å². The molecule has 2 bridgehead atoms. The molecule has 9 heteroatoms. The zero-order chi connectivity index (χ0) is 30.6. The molecule has 7 rings (SSSR count). The number of halogens is 3. The third kappa shape index (κ3) is 6.91. The zero-order valence-corrected chi connectivity index (χ0v) is 26.6. The van der Waals surface area contributed by atoms with Crippen LogP contribution in [0.1, 0.15) is 47.7 Å². The second-order valence-corrected chi connectivity index (χ2v) is 12.7. The van der Waals surface area contributed by atoms with E-state index in [1.165, 1.54) is 30.5 Å². The first-order chi connectivity index (χ1) is 21.4. The van der Waals surface area contributed by atoms with Crippen LogP contribution in [0.4, 0.5) is 4.39 Å². The first kappa shape index (κ1) is 30.9. The number of nitrogens with one attached hydrogen (secondary N) is 1. The van der Waals surface area contributed by atoms with Crippen molar-refractivity contribution in [1.82, 2.24) is 19.7 Å². The summed E-state index contributed by atoms with van der Waals surface area (Å²) in [6.45, 7) is 8.07. The molecule has 3 aliphatic heterocycles. The maximum absolute atomic E-state index is 13.4. The number of benzene rings is 3. The quantitative estimate of drug-likeness (QED) is 0.179. The standard InChI is InChI=1S/C35H39Cl2FN4O2/c1-2-25-5-3-6-30-31(35(43)39-20-24-7-14-32(36)33(37)19-24)23-42(34(25)30)16-4-15-40-21-28-11-10-27(40)22-41(28)17-18-44-29-12-8-26(38)9-13-29/h3,5-9,12-14,19,23,27-28H,2,4,10-11,15-18,20-22H2,1H3,(H,39,43)/t27-,28-/m0/s1. The van der Waals surface area contributed by atoms with E-state index in [0.29, 0.717) is 46.6 Å². The Morgan fingerprint density at radius 2 is 1.70 bits per heavy atom. The van der Waals surface area contributed by atoms with Gasteiger partial charge in [0, 0.05) is 62.9 Å². The van der Waals surface area contributed by atoms with Crippen LogP contribution in [0.2, 0.25) is 10.0 Å². The van der Waals surface area contributed by atoms with Crippen molar-refractivity contribution in [2.24, 2.45) is 0 Å². The number of aryl methyl sites for hydroxylation is 2. The van der Waals surface area contributed by atoms with E-state index in [-0.39, 0.29) is 11.7 Å². The Balaban J connectivity index is 1.05. The molecule has 1 aromatic heterocycles. The lowest BCUT2D eigenvalue weighted by Crippen LogP contribution is -2.63. The van der Waals surface area contributed by atoms with Crippen LogP contribution in [0.15, 0.2) is 66.9 Å². The number of hydrogen-bond acceptors (Lipinski definition) is 4. The maximum atomic E-state index is 13.4. The number of ether oxygens (including phenoxy) is 1. The van der Waals surface area contributed by atoms with Crippen LogP contribution >= 0.6 is 23.2 Å². The van der Waals surface area contributed by atoms with E-state index in [2.05, 4.69) is 38.7 Å². The minimum absolute atomic E-state index is 0.0927. The lowest BCUT2D eigenvalue weighted by atomic mass is 9.90. The third-order valence-corrected chi connectivity index (χ3v) is 9.85. The molecule has 4 aromatic rings. The number of hydrogen-bond donors (Lipinski definition) is 1. The predicted octanol–water partition coefficient (Wildman–Crippen LogP) is 7.20. The van der Waals surface area contributed by atoms with Gasteiger partial charge >= 0.3 is 0 Å². The molecule has 1 N–H and O–H groups in total. The molecule has 6 nitrogen and oxygen atoms in total. The number of carbonyl (C=O) groups is 1. The number of fused-ring (bicyclic) bond motifs is 4. The highest BCUT2D eigenvalue weighted by Gasteiger charge is 2.38. The molecule has 1 amide bonds. The van der Waals surface area contributed by atoms with E-state index in [1.54, 1.807) is 24.3 Å². The van der Waals surface area contributed by atoms with Crippen LogP contribution in [0, 0.1) is 5.82 Å². The lowest BCUT2D eigenvalue weighted by molar-refractivity contribution is -0.0259. The van der Waals surface area contributed by atoms with Crippen LogP contribution in [-0.4, -0.2) is 65.1 Å². The summed E-state index contributed by atoms with van der Waals surface area (Å²) in [5.41, 5.74) is 4.01. The summed E-state index contributed by atoms with van der Waals surface area (Å²) in [6.07, 6.45) is 6.40. The van der Waals surface area contributed by atoms with Gasteiger partial charge < -0.3 is 14.6 Å². The molecule has 44 heavy (non-hydrogen) atoms. The van der Waals surface area contributed by atoms with Gasteiger partial charge in [-0.15, -0.1) is 0 Å². The molecule has 3 aliphatic rings. The summed E-state index contributed by atoms with van der Waals surface area (Å²) >= 11 is 12.2. The smallest absolute Gasteiger partial charge is 0.253 e. The number of aromatic nitrogens is 1. The second-order valence-electron chi connectivity index (χ2n) is 11.9. The van der Waals surface area contributed by atoms with E-state index in [4.69, 9.17) is 27.9 Å². The number of carbonyl (C=O) groups excluding carboxylic acids is 1. The van der Waals surface area contributed by atoms with Crippen molar-refractivity contribution in [2.45, 2.75) is 57.8 Å². The van der Waals surface area contributed by atoms with Crippen LogP contribution in [0.3, 0.4) is 0 Å². The number of piperidine rings is 2. The monoisotopic (exact) mass is 636 g/mol. The highest BCUT2D eigenvalue weighted by Crippen LogP contribution is 2.30. The third-order valence-electron chi connectivity index (χ3n) is 9.11. The normalized spacial score (nSPS) is 18.6. The van der Waals surface area contributed by atoms with E-state index in [9.17, 15) is 9.18 Å². The van der Waals surface area contributed by atoms with Gasteiger partial charge in [-0.2, -0.15) is 0 Å². The average molecular weight is 638 g/mol. The van der Waals surface area contributed by atoms with Crippen molar-refractivity contribution in [1.29, 1.82) is 0 Å². The number of para-hydroxylation sites is 1. The van der Waals surface area contributed by atoms with Crippen molar-refractivity contribution in [3.8, 4) is 5.75 Å². The maximum Gasteiger partial charge on any atom is 0.253 e. The van der Waals surface area contributed by atoms with Gasteiger partial charge in [-0.25, -0.2) is 4.39 Å². The minimum Gasteiger partial charge on any atom is -0.492 e. The molecule has 0 radical (unpaired) electrons. The Morgan fingerprint density at radius 3 is 2.41 bits per heavy atom. The highest BCUT2D eigenvalue weighted by atomic mass is 35.5. The van der Waals surface area contributed by atoms with Gasteiger partial charge in [0.25, 0.3) is 5.91 Å². The van der Waals surface area contributed by atoms with E-state index < -0.39 is 0 Å². The molecule has 2 atom stereocenters. The average Bonchev–Trinajstić information content (AvgIpc) is 3.42. The van der Waals surface area contributed by atoms with E-state index >= 15 is 0 Å². The number of amides is 1. The fourth-order valence-corrected chi connectivity index (χ4v) is 7.13. The first-order valence-electron chi connectivity index (χ1n) is 15.6. The topological polar surface area (TPSA) is 49.7 Å². The van der Waals surface area contributed by atoms with E-state index in [1.807, 2.05) is 18.3 Å². The van der Waals surface area contributed by atoms with Crippen molar-refractivity contribution < 1.29 is 13.9 Å². The SMILES string of the molecule is CCc1cccc2c(C(=O)NCc3ccc(Cl)c(Cl)c3)cn(CCCN3C[C@@H]4CC[C@H]3CN4CCOc3ccc(F)cc3)c12. The van der Waals surface area contributed by atoms with Gasteiger partial charge in [-0.05, 0) is 73.2 Å². The Kier molecular flexibility index (Phi) is 9.77. The highest BCUT2D eigenvalue weighted by molar-refractivity contribution is 6.42. The van der Waals surface area contributed by atoms with Crippen LogP contribution in [0.25, 0.3) is 10.9 Å². The molecular formula is C35H39Cl2FN4O2. The molecule has 0 saturated carbocycles. The predicted molar refractivity (Wildman–Crippen MR) is 175 cm³/mol. The Bertz CT molecular complexity index is 1610. The molecule has 3 saturated heterocycles. The van der Waals surface area contributed by atoms with Gasteiger partial charge in [0.15, 0.2) is 0 Å². The summed E-state index contributed by atoms with van der Waals surface area (Å²) in [7, 11) is 0. The lowest BCUT2D eigenvalue weighted by Gasteiger charge is -2.51. The molecule has 3 aromatic carbocycles. The van der Waals surface area contributed by atoms with Gasteiger partial charge in [-0.3, -0.25) is 14.6 Å². The van der Waals surface area contributed by atoms with E-state index in [0.717, 1.165) is 62.0 Å². The largest absolute Gasteiger partial charge is 0.492 e. The Hall–Kier alpha value is -3.10. The Morgan fingerprint density at radius 1 is 0.955 bits per heavy atom. The summed E-state index contributed by atoms with van der Waals surface area (Å²) in [6, 6.07) is 19.0. The van der Waals surface area contributed by atoms with Crippen LogP contribution < -0.4 is 10.1 Å². The molecule has 3 fully saturated rings. The van der Waals surface area contributed by atoms with Crippen molar-refractivity contribution in [2.75, 3.05) is 32.8 Å². The number of nitrogens with zero attached hydrogens (tertiary/aromatic N) is 3. The molecular weight excluding hydrogens is 598 g/mol.